The Morgan fingerprint density at radius 1 is 0.844 bits per heavy atom. The van der Waals surface area contributed by atoms with Gasteiger partial charge in [-0.05, 0) is 42.3 Å². The van der Waals surface area contributed by atoms with E-state index in [-0.39, 0.29) is 11.1 Å². The maximum atomic E-state index is 13.3. The molecule has 0 spiro atoms. The molecule has 0 aliphatic carbocycles. The van der Waals surface area contributed by atoms with Gasteiger partial charge >= 0.3 is 0 Å². The number of ether oxygens (including phenoxy) is 2. The lowest BCUT2D eigenvalue weighted by Gasteiger charge is -2.15. The molecule has 0 bridgehead atoms. The molecule has 0 aliphatic rings. The average molecular weight is 431 g/mol. The molecule has 0 aliphatic heterocycles. The van der Waals surface area contributed by atoms with E-state index >= 15 is 0 Å². The van der Waals surface area contributed by atoms with Crippen LogP contribution in [0.5, 0.6) is 11.5 Å². The second-order valence-corrected chi connectivity index (χ2v) is 7.42. The van der Waals surface area contributed by atoms with Gasteiger partial charge in [-0.2, -0.15) is 0 Å². The van der Waals surface area contributed by atoms with Crippen molar-refractivity contribution in [3.05, 3.63) is 99.0 Å². The monoisotopic (exact) mass is 431 g/mol. The first kappa shape index (κ1) is 21.4. The van der Waals surface area contributed by atoms with E-state index in [4.69, 9.17) is 14.5 Å². The highest BCUT2D eigenvalue weighted by Gasteiger charge is 2.12. The number of rotatable bonds is 8. The summed E-state index contributed by atoms with van der Waals surface area (Å²) >= 11 is 0. The van der Waals surface area contributed by atoms with Crippen LogP contribution >= 0.6 is 0 Å². The summed E-state index contributed by atoms with van der Waals surface area (Å²) in [4.78, 5) is 30.1. The molecule has 0 radical (unpaired) electrons. The average Bonchev–Trinajstić information content (AvgIpc) is 2.83. The second-order valence-electron chi connectivity index (χ2n) is 7.42. The van der Waals surface area contributed by atoms with Gasteiger partial charge in [0.15, 0.2) is 11.5 Å². The highest BCUT2D eigenvalue weighted by molar-refractivity contribution is 5.77. The lowest BCUT2D eigenvalue weighted by Crippen LogP contribution is -2.28. The first-order chi connectivity index (χ1) is 15.6. The van der Waals surface area contributed by atoms with Gasteiger partial charge in [-0.3, -0.25) is 14.2 Å². The Morgan fingerprint density at radius 3 is 2.41 bits per heavy atom. The smallest absolute Gasteiger partial charge is 0.261 e. The van der Waals surface area contributed by atoms with E-state index in [9.17, 15) is 9.59 Å². The van der Waals surface area contributed by atoms with Gasteiger partial charge in [0.05, 0.1) is 25.1 Å². The normalized spacial score (nSPS) is 10.9. The molecule has 4 rings (SSSR count). The fourth-order valence-corrected chi connectivity index (χ4v) is 3.78. The van der Waals surface area contributed by atoms with Crippen LogP contribution < -0.4 is 20.6 Å². The molecule has 2 heterocycles. The first-order valence-corrected chi connectivity index (χ1v) is 10.5. The van der Waals surface area contributed by atoms with Gasteiger partial charge in [-0.25, -0.2) is 4.98 Å². The maximum Gasteiger partial charge on any atom is 0.261 e. The van der Waals surface area contributed by atoms with E-state index in [0.717, 1.165) is 5.56 Å². The van der Waals surface area contributed by atoms with E-state index in [0.29, 0.717) is 54.2 Å². The van der Waals surface area contributed by atoms with Crippen molar-refractivity contribution >= 4 is 10.9 Å². The number of hydrogen-bond donors (Lipinski definition) is 0. The predicted molar refractivity (Wildman–Crippen MR) is 124 cm³/mol. The van der Waals surface area contributed by atoms with Crippen LogP contribution in [0.3, 0.4) is 0 Å². The summed E-state index contributed by atoms with van der Waals surface area (Å²) in [7, 11) is 3.20. The Morgan fingerprint density at radius 2 is 1.62 bits per heavy atom. The molecule has 0 N–H and O–H groups in total. The highest BCUT2D eigenvalue weighted by atomic mass is 16.5. The summed E-state index contributed by atoms with van der Waals surface area (Å²) in [5, 5.41) is 0.584. The lowest BCUT2D eigenvalue weighted by atomic mass is 10.1. The lowest BCUT2D eigenvalue weighted by molar-refractivity contribution is 0.354. The molecule has 0 atom stereocenters. The maximum absolute atomic E-state index is 13.3. The molecular formula is C25H25N3O4. The summed E-state index contributed by atoms with van der Waals surface area (Å²) in [6.45, 7) is 0.909. The number of nitrogens with zero attached hydrogens (tertiary/aromatic N) is 3. The Hall–Kier alpha value is -3.87. The van der Waals surface area contributed by atoms with Crippen LogP contribution in [-0.2, 0) is 25.9 Å². The second kappa shape index (κ2) is 9.51. The molecule has 2 aromatic heterocycles. The molecule has 0 saturated heterocycles. The Labute approximate surface area is 185 Å². The minimum absolute atomic E-state index is 0.0764. The summed E-state index contributed by atoms with van der Waals surface area (Å²) in [5.74, 6) is 1.97. The molecule has 164 valence electrons. The van der Waals surface area contributed by atoms with Crippen LogP contribution in [0, 0.1) is 0 Å². The highest BCUT2D eigenvalue weighted by Crippen LogP contribution is 2.27. The standard InChI is InChI=1S/C25H25N3O4/c1-31-21-11-10-18(17-22(21)32-2)12-16-28-23(13-15-27-14-6-5-9-24(27)29)26-20-8-4-3-7-19(20)25(28)30/h3-11,14,17H,12-13,15-16H2,1-2H3. The van der Waals surface area contributed by atoms with Crippen molar-refractivity contribution in [3.63, 3.8) is 0 Å². The third kappa shape index (κ3) is 4.42. The van der Waals surface area contributed by atoms with Crippen molar-refractivity contribution in [1.29, 1.82) is 0 Å². The number of fused-ring (bicyclic) bond motifs is 1. The van der Waals surface area contributed by atoms with Gasteiger partial charge in [-0.1, -0.05) is 24.3 Å². The van der Waals surface area contributed by atoms with E-state index < -0.39 is 0 Å². The fraction of sp³-hybridized carbons (Fsp3) is 0.240. The Kier molecular flexibility index (Phi) is 6.35. The SMILES string of the molecule is COc1ccc(CCn2c(CCn3ccccc3=O)nc3ccccc3c2=O)cc1OC. The quantitative estimate of drug-likeness (QED) is 0.429. The number of benzene rings is 2. The third-order valence-electron chi connectivity index (χ3n) is 5.49. The zero-order valence-corrected chi connectivity index (χ0v) is 18.2. The third-order valence-corrected chi connectivity index (χ3v) is 5.49. The van der Waals surface area contributed by atoms with Gasteiger partial charge < -0.3 is 14.0 Å². The van der Waals surface area contributed by atoms with Crippen molar-refractivity contribution in [2.24, 2.45) is 0 Å². The number of hydrogen-bond acceptors (Lipinski definition) is 5. The Bertz CT molecular complexity index is 1360. The van der Waals surface area contributed by atoms with Crippen LogP contribution in [0.25, 0.3) is 10.9 Å². The number of pyridine rings is 1. The number of methoxy groups -OCH3 is 2. The van der Waals surface area contributed by atoms with E-state index in [2.05, 4.69) is 0 Å². The van der Waals surface area contributed by atoms with Crippen LogP contribution in [0.4, 0.5) is 0 Å². The van der Waals surface area contributed by atoms with Gasteiger partial charge in [0, 0.05) is 31.8 Å². The summed E-state index contributed by atoms with van der Waals surface area (Å²) in [6.07, 6.45) is 2.84. The Balaban J connectivity index is 1.66. The van der Waals surface area contributed by atoms with Crippen molar-refractivity contribution in [2.45, 2.75) is 25.9 Å². The van der Waals surface area contributed by atoms with Gasteiger partial charge in [0.2, 0.25) is 0 Å². The number of aromatic nitrogens is 3. The van der Waals surface area contributed by atoms with Crippen LogP contribution in [-0.4, -0.2) is 28.3 Å². The molecule has 0 unspecified atom stereocenters. The van der Waals surface area contributed by atoms with Crippen molar-refractivity contribution in [2.75, 3.05) is 14.2 Å². The minimum atomic E-state index is -0.0773. The molecule has 0 fully saturated rings. The number of para-hydroxylation sites is 1. The topological polar surface area (TPSA) is 75.4 Å². The van der Waals surface area contributed by atoms with Crippen molar-refractivity contribution in [3.8, 4) is 11.5 Å². The van der Waals surface area contributed by atoms with Crippen LogP contribution in [0.15, 0.2) is 76.4 Å². The molecule has 0 saturated carbocycles. The minimum Gasteiger partial charge on any atom is -0.493 e. The van der Waals surface area contributed by atoms with Crippen molar-refractivity contribution < 1.29 is 9.47 Å². The van der Waals surface area contributed by atoms with Gasteiger partial charge in [0.1, 0.15) is 5.82 Å². The van der Waals surface area contributed by atoms with E-state index in [1.165, 1.54) is 6.07 Å². The van der Waals surface area contributed by atoms with E-state index in [1.807, 2.05) is 42.5 Å². The zero-order chi connectivity index (χ0) is 22.5. The van der Waals surface area contributed by atoms with E-state index in [1.54, 1.807) is 41.7 Å². The fourth-order valence-electron chi connectivity index (χ4n) is 3.78. The predicted octanol–water partition coefficient (Wildman–Crippen LogP) is 3.06. The van der Waals surface area contributed by atoms with Crippen LogP contribution in [0.2, 0.25) is 0 Å². The largest absolute Gasteiger partial charge is 0.493 e. The molecule has 2 aromatic carbocycles. The molecule has 32 heavy (non-hydrogen) atoms. The van der Waals surface area contributed by atoms with Crippen LogP contribution in [0.1, 0.15) is 11.4 Å². The summed E-state index contributed by atoms with van der Waals surface area (Å²) < 4.78 is 14.0. The molecule has 7 heteroatoms. The first-order valence-electron chi connectivity index (χ1n) is 10.5. The summed E-state index contributed by atoms with van der Waals surface area (Å²) in [6, 6.07) is 18.1. The van der Waals surface area contributed by atoms with Crippen molar-refractivity contribution in [1.82, 2.24) is 14.1 Å². The molecule has 7 nitrogen and oxygen atoms in total. The molecule has 0 amide bonds. The zero-order valence-electron chi connectivity index (χ0n) is 18.2. The molecule has 4 aromatic rings. The molecular weight excluding hydrogens is 406 g/mol. The summed E-state index contributed by atoms with van der Waals surface area (Å²) in [5.41, 5.74) is 1.53. The van der Waals surface area contributed by atoms with Gasteiger partial charge in [0.25, 0.3) is 11.1 Å². The number of aryl methyl sites for hydroxylation is 3. The van der Waals surface area contributed by atoms with Gasteiger partial charge in [-0.15, -0.1) is 0 Å².